The van der Waals surface area contributed by atoms with Gasteiger partial charge in [0.15, 0.2) is 6.33 Å². The fraction of sp³-hybridized carbons (Fsp3) is 0.667. The van der Waals surface area contributed by atoms with Crippen molar-refractivity contribution >= 4 is 5.97 Å². The van der Waals surface area contributed by atoms with E-state index in [2.05, 4.69) is 10.1 Å². The van der Waals surface area contributed by atoms with E-state index in [0.29, 0.717) is 19.0 Å². The summed E-state index contributed by atoms with van der Waals surface area (Å²) in [7, 11) is 0. The van der Waals surface area contributed by atoms with Gasteiger partial charge in [0.2, 0.25) is 5.89 Å². The van der Waals surface area contributed by atoms with Crippen LogP contribution in [-0.2, 0) is 11.3 Å². The molecule has 2 rings (SSSR count). The van der Waals surface area contributed by atoms with Gasteiger partial charge in [0.25, 0.3) is 0 Å². The molecular weight excluding hydrogens is 198 g/mol. The number of nitrogens with zero attached hydrogens (tertiary/aromatic N) is 3. The smallest absolute Gasteiger partial charge is 0.308 e. The van der Waals surface area contributed by atoms with E-state index in [1.807, 2.05) is 11.8 Å². The second-order valence-electron chi connectivity index (χ2n) is 3.95. The average molecular weight is 211 g/mol. The fourth-order valence-corrected chi connectivity index (χ4v) is 1.97. The van der Waals surface area contributed by atoms with Crippen LogP contribution in [-0.4, -0.2) is 39.2 Å². The van der Waals surface area contributed by atoms with Crippen LogP contribution in [0.15, 0.2) is 10.9 Å². The number of carboxylic acids is 1. The molecule has 1 N–H and O–H groups in total. The lowest BCUT2D eigenvalue weighted by Crippen LogP contribution is -2.23. The Morgan fingerprint density at radius 2 is 2.53 bits per heavy atom. The third-order valence-electron chi connectivity index (χ3n) is 2.77. The zero-order valence-electron chi connectivity index (χ0n) is 8.46. The molecule has 2 heterocycles. The topological polar surface area (TPSA) is 79.5 Å². The molecule has 1 aromatic rings. The standard InChI is InChI=1S/C9H13N3O3/c1-6-2-12(3-7(6)9(13)14)4-8-10-5-11-15-8/h5-7H,2-4H2,1H3,(H,13,14)/t6-,7-/m1/s1. The number of hydrogen-bond donors (Lipinski definition) is 1. The predicted octanol–water partition coefficient (Wildman–Crippen LogP) is 0.222. The second kappa shape index (κ2) is 3.98. The molecule has 2 atom stereocenters. The number of carboxylic acid groups (broad SMARTS) is 1. The van der Waals surface area contributed by atoms with Gasteiger partial charge in [-0.2, -0.15) is 4.98 Å². The molecule has 1 aromatic heterocycles. The van der Waals surface area contributed by atoms with Gasteiger partial charge >= 0.3 is 5.97 Å². The summed E-state index contributed by atoms with van der Waals surface area (Å²) in [6.07, 6.45) is 1.35. The third kappa shape index (κ3) is 2.15. The van der Waals surface area contributed by atoms with Crippen LogP contribution in [0.2, 0.25) is 0 Å². The van der Waals surface area contributed by atoms with Crippen LogP contribution in [0.4, 0.5) is 0 Å². The molecule has 1 aliphatic rings. The van der Waals surface area contributed by atoms with Gasteiger partial charge < -0.3 is 9.63 Å². The molecule has 0 radical (unpaired) electrons. The molecule has 1 saturated heterocycles. The third-order valence-corrected chi connectivity index (χ3v) is 2.77. The molecule has 82 valence electrons. The molecule has 0 amide bonds. The van der Waals surface area contributed by atoms with Gasteiger partial charge in [-0.15, -0.1) is 0 Å². The molecule has 0 spiro atoms. The van der Waals surface area contributed by atoms with Gasteiger partial charge in [-0.25, -0.2) is 0 Å². The summed E-state index contributed by atoms with van der Waals surface area (Å²) in [6.45, 7) is 3.80. The number of hydrogen-bond acceptors (Lipinski definition) is 5. The Balaban J connectivity index is 1.94. The Hall–Kier alpha value is -1.43. The highest BCUT2D eigenvalue weighted by Gasteiger charge is 2.35. The van der Waals surface area contributed by atoms with Crippen molar-refractivity contribution in [2.45, 2.75) is 13.5 Å². The minimum absolute atomic E-state index is 0.172. The second-order valence-corrected chi connectivity index (χ2v) is 3.95. The van der Waals surface area contributed by atoms with Crippen LogP contribution >= 0.6 is 0 Å². The van der Waals surface area contributed by atoms with E-state index >= 15 is 0 Å². The number of rotatable bonds is 3. The minimum atomic E-state index is -0.726. The van der Waals surface area contributed by atoms with Crippen molar-refractivity contribution in [2.75, 3.05) is 13.1 Å². The monoisotopic (exact) mass is 211 g/mol. The maximum atomic E-state index is 10.9. The molecule has 6 heteroatoms. The van der Waals surface area contributed by atoms with E-state index in [9.17, 15) is 4.79 Å². The average Bonchev–Trinajstić information content (AvgIpc) is 2.75. The summed E-state index contributed by atoms with van der Waals surface area (Å²) < 4.78 is 4.88. The first kappa shape index (κ1) is 10.1. The van der Waals surface area contributed by atoms with Gasteiger partial charge in [-0.05, 0) is 5.92 Å². The van der Waals surface area contributed by atoms with E-state index in [0.717, 1.165) is 6.54 Å². The van der Waals surface area contributed by atoms with Gasteiger partial charge in [0.1, 0.15) is 0 Å². The lowest BCUT2D eigenvalue weighted by molar-refractivity contribution is -0.142. The van der Waals surface area contributed by atoms with Crippen LogP contribution in [0.5, 0.6) is 0 Å². The van der Waals surface area contributed by atoms with E-state index in [1.54, 1.807) is 0 Å². The Bertz CT molecular complexity index is 338. The van der Waals surface area contributed by atoms with Crippen LogP contribution < -0.4 is 0 Å². The Morgan fingerprint density at radius 1 is 1.73 bits per heavy atom. The van der Waals surface area contributed by atoms with Crippen molar-refractivity contribution in [1.82, 2.24) is 15.0 Å². The number of aliphatic carboxylic acids is 1. The Kier molecular flexibility index (Phi) is 2.68. The van der Waals surface area contributed by atoms with E-state index in [1.165, 1.54) is 6.33 Å². The van der Waals surface area contributed by atoms with Gasteiger partial charge in [-0.1, -0.05) is 12.1 Å². The largest absolute Gasteiger partial charge is 0.481 e. The quantitative estimate of drug-likeness (QED) is 0.770. The summed E-state index contributed by atoms with van der Waals surface area (Å²) in [5, 5.41) is 12.5. The first-order valence-corrected chi connectivity index (χ1v) is 4.87. The maximum absolute atomic E-state index is 10.9. The fourth-order valence-electron chi connectivity index (χ4n) is 1.97. The molecule has 0 unspecified atom stereocenters. The molecule has 1 fully saturated rings. The van der Waals surface area contributed by atoms with E-state index in [-0.39, 0.29) is 11.8 Å². The molecule has 0 aliphatic carbocycles. The number of likely N-dealkylation sites (tertiary alicyclic amines) is 1. The van der Waals surface area contributed by atoms with Gasteiger partial charge in [-0.3, -0.25) is 9.69 Å². The van der Waals surface area contributed by atoms with Crippen LogP contribution in [0, 0.1) is 11.8 Å². The van der Waals surface area contributed by atoms with Crippen molar-refractivity contribution in [3.8, 4) is 0 Å². The van der Waals surface area contributed by atoms with E-state index in [4.69, 9.17) is 9.63 Å². The van der Waals surface area contributed by atoms with Crippen LogP contribution in [0.1, 0.15) is 12.8 Å². The highest BCUT2D eigenvalue weighted by molar-refractivity contribution is 5.71. The summed E-state index contributed by atoms with van der Waals surface area (Å²) in [6, 6.07) is 0. The predicted molar refractivity (Wildman–Crippen MR) is 49.9 cm³/mol. The molecule has 0 saturated carbocycles. The highest BCUT2D eigenvalue weighted by atomic mass is 16.5. The van der Waals surface area contributed by atoms with E-state index < -0.39 is 5.97 Å². The molecule has 6 nitrogen and oxygen atoms in total. The van der Waals surface area contributed by atoms with Crippen LogP contribution in [0.3, 0.4) is 0 Å². The van der Waals surface area contributed by atoms with Crippen LogP contribution in [0.25, 0.3) is 0 Å². The molecular formula is C9H13N3O3. The SMILES string of the molecule is C[C@@H]1CN(Cc2ncno2)C[C@H]1C(=O)O. The van der Waals surface area contributed by atoms with Gasteiger partial charge in [0, 0.05) is 13.1 Å². The summed E-state index contributed by atoms with van der Waals surface area (Å²) in [4.78, 5) is 16.8. The zero-order chi connectivity index (χ0) is 10.8. The molecule has 1 aliphatic heterocycles. The minimum Gasteiger partial charge on any atom is -0.481 e. The molecule has 0 aromatic carbocycles. The first-order valence-electron chi connectivity index (χ1n) is 4.87. The summed E-state index contributed by atoms with van der Waals surface area (Å²) in [5.41, 5.74) is 0. The summed E-state index contributed by atoms with van der Waals surface area (Å²) >= 11 is 0. The van der Waals surface area contributed by atoms with Crippen molar-refractivity contribution < 1.29 is 14.4 Å². The van der Waals surface area contributed by atoms with Crippen molar-refractivity contribution in [1.29, 1.82) is 0 Å². The molecule has 0 bridgehead atoms. The van der Waals surface area contributed by atoms with Gasteiger partial charge in [0.05, 0.1) is 12.5 Å². The normalized spacial score (nSPS) is 27.0. The number of aromatic nitrogens is 2. The summed E-state index contributed by atoms with van der Waals surface area (Å²) in [5.74, 6) is -0.304. The van der Waals surface area contributed by atoms with Crippen molar-refractivity contribution in [2.24, 2.45) is 11.8 Å². The zero-order valence-corrected chi connectivity index (χ0v) is 8.46. The van der Waals surface area contributed by atoms with Crippen molar-refractivity contribution in [3.63, 3.8) is 0 Å². The lowest BCUT2D eigenvalue weighted by atomic mass is 9.99. The maximum Gasteiger partial charge on any atom is 0.308 e. The lowest BCUT2D eigenvalue weighted by Gasteiger charge is -2.11. The first-order chi connectivity index (χ1) is 7.16. The number of carbonyl (C=O) groups is 1. The molecule has 15 heavy (non-hydrogen) atoms. The highest BCUT2D eigenvalue weighted by Crippen LogP contribution is 2.24. The Labute approximate surface area is 86.9 Å². The Morgan fingerprint density at radius 3 is 3.07 bits per heavy atom. The van der Waals surface area contributed by atoms with Crippen molar-refractivity contribution in [3.05, 3.63) is 12.2 Å².